The summed E-state index contributed by atoms with van der Waals surface area (Å²) >= 11 is 3.06. The summed E-state index contributed by atoms with van der Waals surface area (Å²) in [5, 5.41) is 0. The van der Waals surface area contributed by atoms with E-state index in [0.29, 0.717) is 23.3 Å². The molecule has 0 radical (unpaired) electrons. The molecular weight excluding hydrogens is 261 g/mol. The minimum Gasteiger partial charge on any atom is -0.323 e. The van der Waals surface area contributed by atoms with Gasteiger partial charge in [0.1, 0.15) is 4.60 Å². The highest BCUT2D eigenvalue weighted by Crippen LogP contribution is 2.34. The van der Waals surface area contributed by atoms with Crippen molar-refractivity contribution >= 4 is 15.9 Å². The van der Waals surface area contributed by atoms with Crippen LogP contribution in [-0.4, -0.2) is 9.55 Å². The normalized spacial score (nSPS) is 16.9. The van der Waals surface area contributed by atoms with Gasteiger partial charge in [0.2, 0.25) is 5.82 Å². The minimum atomic E-state index is -4.35. The van der Waals surface area contributed by atoms with Crippen molar-refractivity contribution < 1.29 is 13.2 Å². The first kappa shape index (κ1) is 10.0. The van der Waals surface area contributed by atoms with Gasteiger partial charge in [-0.05, 0) is 35.2 Å². The Kier molecular flexibility index (Phi) is 2.33. The standard InChI is InChI=1S/C8H8BrF3N2/c9-6-5-3-1-2-4-14(5)7(13-6)8(10,11)12/h1-4H2. The lowest BCUT2D eigenvalue weighted by Gasteiger charge is -2.17. The smallest absolute Gasteiger partial charge is 0.323 e. The number of aromatic nitrogens is 2. The molecule has 1 aliphatic rings. The average Bonchev–Trinajstić information content (AvgIpc) is 2.44. The SMILES string of the molecule is FC(F)(F)c1nc(Br)c2n1CCCC2. The zero-order valence-corrected chi connectivity index (χ0v) is 8.82. The van der Waals surface area contributed by atoms with Crippen LogP contribution in [0.15, 0.2) is 4.60 Å². The molecule has 0 unspecified atom stereocenters. The van der Waals surface area contributed by atoms with Crippen molar-refractivity contribution in [2.24, 2.45) is 0 Å². The van der Waals surface area contributed by atoms with Gasteiger partial charge in [-0.15, -0.1) is 0 Å². The summed E-state index contributed by atoms with van der Waals surface area (Å²) in [5.74, 6) is -0.779. The molecule has 0 aliphatic carbocycles. The summed E-state index contributed by atoms with van der Waals surface area (Å²) in [4.78, 5) is 3.52. The molecule has 14 heavy (non-hydrogen) atoms. The highest BCUT2D eigenvalue weighted by atomic mass is 79.9. The molecule has 2 nitrogen and oxygen atoms in total. The molecule has 0 fully saturated rings. The summed E-state index contributed by atoms with van der Waals surface area (Å²) in [6.45, 7) is 0.419. The molecule has 78 valence electrons. The van der Waals surface area contributed by atoms with Gasteiger partial charge in [0, 0.05) is 6.54 Å². The van der Waals surface area contributed by atoms with Gasteiger partial charge in [-0.2, -0.15) is 13.2 Å². The van der Waals surface area contributed by atoms with Gasteiger partial charge >= 0.3 is 6.18 Å². The summed E-state index contributed by atoms with van der Waals surface area (Å²) < 4.78 is 39.1. The maximum absolute atomic E-state index is 12.5. The molecule has 1 aliphatic heterocycles. The fourth-order valence-electron chi connectivity index (χ4n) is 1.71. The van der Waals surface area contributed by atoms with E-state index in [9.17, 15) is 13.2 Å². The van der Waals surface area contributed by atoms with E-state index in [1.165, 1.54) is 4.57 Å². The molecule has 2 heterocycles. The Bertz CT molecular complexity index is 356. The number of imidazole rings is 1. The largest absolute Gasteiger partial charge is 0.449 e. The monoisotopic (exact) mass is 268 g/mol. The predicted molar refractivity (Wildman–Crippen MR) is 47.9 cm³/mol. The number of rotatable bonds is 0. The van der Waals surface area contributed by atoms with Crippen LogP contribution in [0, 0.1) is 0 Å². The third kappa shape index (κ3) is 1.55. The van der Waals surface area contributed by atoms with Crippen molar-refractivity contribution in [2.45, 2.75) is 32.0 Å². The summed E-state index contributed by atoms with van der Waals surface area (Å²) in [7, 11) is 0. The lowest BCUT2D eigenvalue weighted by atomic mass is 10.1. The second-order valence-corrected chi connectivity index (χ2v) is 4.03. The highest BCUT2D eigenvalue weighted by molar-refractivity contribution is 9.10. The predicted octanol–water partition coefficient (Wildman–Crippen LogP) is 3.00. The van der Waals surface area contributed by atoms with E-state index in [1.807, 2.05) is 0 Å². The van der Waals surface area contributed by atoms with Crippen LogP contribution in [0.1, 0.15) is 24.4 Å². The summed E-state index contributed by atoms with van der Waals surface area (Å²) in [5.41, 5.74) is 0.670. The molecule has 2 rings (SSSR count). The average molecular weight is 269 g/mol. The molecule has 0 aromatic carbocycles. The van der Waals surface area contributed by atoms with Gasteiger partial charge in [-0.1, -0.05) is 0 Å². The van der Waals surface area contributed by atoms with Crippen LogP contribution in [0.2, 0.25) is 0 Å². The second kappa shape index (κ2) is 3.25. The topological polar surface area (TPSA) is 17.8 Å². The lowest BCUT2D eigenvalue weighted by molar-refractivity contribution is -0.147. The molecule has 0 saturated carbocycles. The Morgan fingerprint density at radius 3 is 2.64 bits per heavy atom. The van der Waals surface area contributed by atoms with Gasteiger partial charge in [-0.25, -0.2) is 4.98 Å². The molecule has 0 atom stereocenters. The minimum absolute atomic E-state index is 0.338. The summed E-state index contributed by atoms with van der Waals surface area (Å²) in [6.07, 6.45) is -1.96. The quantitative estimate of drug-likeness (QED) is 0.708. The molecule has 0 bridgehead atoms. The van der Waals surface area contributed by atoms with E-state index in [4.69, 9.17) is 0 Å². The number of nitrogens with zero attached hydrogens (tertiary/aromatic N) is 2. The Morgan fingerprint density at radius 2 is 2.00 bits per heavy atom. The van der Waals surface area contributed by atoms with Crippen LogP contribution >= 0.6 is 15.9 Å². The first-order valence-corrected chi connectivity index (χ1v) is 5.11. The third-order valence-electron chi connectivity index (χ3n) is 2.32. The molecule has 1 aromatic heterocycles. The zero-order valence-electron chi connectivity index (χ0n) is 7.23. The van der Waals surface area contributed by atoms with Gasteiger partial charge in [0.05, 0.1) is 5.69 Å². The van der Waals surface area contributed by atoms with Crippen molar-refractivity contribution in [3.05, 3.63) is 16.1 Å². The molecule has 0 saturated heterocycles. The summed E-state index contributed by atoms with van der Waals surface area (Å²) in [6, 6.07) is 0. The number of alkyl halides is 3. The van der Waals surface area contributed by atoms with Gasteiger partial charge in [0.15, 0.2) is 0 Å². The van der Waals surface area contributed by atoms with Crippen LogP contribution in [-0.2, 0) is 19.1 Å². The number of halogens is 4. The highest BCUT2D eigenvalue weighted by Gasteiger charge is 2.38. The molecule has 1 aromatic rings. The Morgan fingerprint density at radius 1 is 1.29 bits per heavy atom. The molecule has 0 spiro atoms. The van der Waals surface area contributed by atoms with Crippen molar-refractivity contribution in [1.82, 2.24) is 9.55 Å². The van der Waals surface area contributed by atoms with E-state index < -0.39 is 12.0 Å². The lowest BCUT2D eigenvalue weighted by Crippen LogP contribution is -2.19. The van der Waals surface area contributed by atoms with Gasteiger partial charge < -0.3 is 4.57 Å². The maximum Gasteiger partial charge on any atom is 0.449 e. The third-order valence-corrected chi connectivity index (χ3v) is 2.96. The molecular formula is C8H8BrF3N2. The van der Waals surface area contributed by atoms with E-state index in [-0.39, 0.29) is 0 Å². The Balaban J connectivity index is 2.52. The number of fused-ring (bicyclic) bond motifs is 1. The first-order valence-electron chi connectivity index (χ1n) is 4.32. The molecule has 6 heteroatoms. The Hall–Kier alpha value is -0.520. The number of hydrogen-bond donors (Lipinski definition) is 0. The van der Waals surface area contributed by atoms with Crippen molar-refractivity contribution in [1.29, 1.82) is 0 Å². The van der Waals surface area contributed by atoms with Crippen LogP contribution in [0.3, 0.4) is 0 Å². The Labute approximate surface area is 87.3 Å². The van der Waals surface area contributed by atoms with Gasteiger partial charge in [-0.3, -0.25) is 0 Å². The maximum atomic E-state index is 12.5. The fourth-order valence-corrected chi connectivity index (χ4v) is 2.30. The van der Waals surface area contributed by atoms with E-state index >= 15 is 0 Å². The van der Waals surface area contributed by atoms with Crippen molar-refractivity contribution in [3.8, 4) is 0 Å². The van der Waals surface area contributed by atoms with Crippen LogP contribution in [0.5, 0.6) is 0 Å². The van der Waals surface area contributed by atoms with Crippen molar-refractivity contribution in [2.75, 3.05) is 0 Å². The fraction of sp³-hybridized carbons (Fsp3) is 0.625. The van der Waals surface area contributed by atoms with Gasteiger partial charge in [0.25, 0.3) is 0 Å². The first-order chi connectivity index (χ1) is 6.50. The van der Waals surface area contributed by atoms with E-state index in [0.717, 1.165) is 12.8 Å². The number of hydrogen-bond acceptors (Lipinski definition) is 1. The van der Waals surface area contributed by atoms with E-state index in [1.54, 1.807) is 0 Å². The van der Waals surface area contributed by atoms with Crippen molar-refractivity contribution in [3.63, 3.8) is 0 Å². The zero-order chi connectivity index (χ0) is 10.3. The molecule has 0 N–H and O–H groups in total. The van der Waals surface area contributed by atoms with Crippen LogP contribution < -0.4 is 0 Å². The van der Waals surface area contributed by atoms with E-state index in [2.05, 4.69) is 20.9 Å². The molecule has 0 amide bonds. The second-order valence-electron chi connectivity index (χ2n) is 3.28. The van der Waals surface area contributed by atoms with Crippen LogP contribution in [0.4, 0.5) is 13.2 Å². The van der Waals surface area contributed by atoms with Crippen LogP contribution in [0.25, 0.3) is 0 Å².